The molecule has 0 heteroatoms. The van der Waals surface area contributed by atoms with Gasteiger partial charge in [0.15, 0.2) is 0 Å². The van der Waals surface area contributed by atoms with Crippen LogP contribution in [-0.2, 0) is 0 Å². The largest absolute Gasteiger partial charge is 0.0654 e. The molecule has 0 aliphatic rings. The van der Waals surface area contributed by atoms with Gasteiger partial charge in [0.2, 0.25) is 0 Å². The van der Waals surface area contributed by atoms with Crippen LogP contribution in [0.3, 0.4) is 0 Å². The molecule has 1 unspecified atom stereocenters. The van der Waals surface area contributed by atoms with Gasteiger partial charge in [-0.05, 0) is 5.92 Å². The van der Waals surface area contributed by atoms with Crippen LogP contribution in [0.5, 0.6) is 0 Å². The van der Waals surface area contributed by atoms with Gasteiger partial charge in [0.1, 0.15) is 0 Å². The molecule has 212 valence electrons. The van der Waals surface area contributed by atoms with Gasteiger partial charge in [0, 0.05) is 0 Å². The SMILES string of the molecule is CCCCCCCCCCCCCCCCCCCCCCCCCC(CC)CCCCCCC. The van der Waals surface area contributed by atoms with E-state index in [4.69, 9.17) is 0 Å². The van der Waals surface area contributed by atoms with Gasteiger partial charge in [-0.15, -0.1) is 0 Å². The number of unbranched alkanes of at least 4 members (excludes halogenated alkanes) is 26. The Kier molecular flexibility index (Phi) is 32.0. The standard InChI is InChI=1S/C35H72/c1-4-7-9-11-12-13-14-15-16-17-18-19-20-21-22-23-24-25-26-27-28-30-32-34-35(6-3)33-31-29-10-8-5-2/h35H,4-34H2,1-3H3. The third-order valence-corrected chi connectivity index (χ3v) is 8.51. The van der Waals surface area contributed by atoms with E-state index in [2.05, 4.69) is 20.8 Å². The molecule has 35 heavy (non-hydrogen) atoms. The van der Waals surface area contributed by atoms with Crippen LogP contribution in [-0.4, -0.2) is 0 Å². The molecule has 0 radical (unpaired) electrons. The molecule has 0 N–H and O–H groups in total. The minimum Gasteiger partial charge on any atom is -0.0654 e. The van der Waals surface area contributed by atoms with E-state index in [-0.39, 0.29) is 0 Å². The maximum Gasteiger partial charge on any atom is -0.0417 e. The van der Waals surface area contributed by atoms with Gasteiger partial charge in [-0.25, -0.2) is 0 Å². The summed E-state index contributed by atoms with van der Waals surface area (Å²) in [5.74, 6) is 1.02. The minimum absolute atomic E-state index is 1.02. The van der Waals surface area contributed by atoms with Crippen molar-refractivity contribution in [3.63, 3.8) is 0 Å². The van der Waals surface area contributed by atoms with Gasteiger partial charge >= 0.3 is 0 Å². The molecule has 1 atom stereocenters. The molecule has 0 fully saturated rings. The molecule has 0 saturated carbocycles. The zero-order valence-corrected chi connectivity index (χ0v) is 25.5. The smallest absolute Gasteiger partial charge is 0.0417 e. The van der Waals surface area contributed by atoms with E-state index in [0.717, 1.165) is 5.92 Å². The quantitative estimate of drug-likeness (QED) is 0.0844. The molecule has 0 aromatic carbocycles. The van der Waals surface area contributed by atoms with Crippen LogP contribution >= 0.6 is 0 Å². The molecule has 0 aliphatic carbocycles. The van der Waals surface area contributed by atoms with Crippen LogP contribution in [0.2, 0.25) is 0 Å². The summed E-state index contributed by atoms with van der Waals surface area (Å²) in [6.07, 6.45) is 45.8. The molecule has 0 aliphatic heterocycles. The molecule has 0 bridgehead atoms. The molecule has 0 saturated heterocycles. The molecule has 0 aromatic heterocycles. The summed E-state index contributed by atoms with van der Waals surface area (Å²) in [7, 11) is 0. The van der Waals surface area contributed by atoms with Crippen LogP contribution in [0.25, 0.3) is 0 Å². The fraction of sp³-hybridized carbons (Fsp3) is 1.00. The lowest BCUT2D eigenvalue weighted by Crippen LogP contribution is -1.99. The Morgan fingerprint density at radius 2 is 0.457 bits per heavy atom. The maximum absolute atomic E-state index is 2.41. The van der Waals surface area contributed by atoms with Crippen molar-refractivity contribution < 1.29 is 0 Å². The number of hydrogen-bond acceptors (Lipinski definition) is 0. The maximum atomic E-state index is 2.41. The second-order valence-corrected chi connectivity index (χ2v) is 12.0. The molecule has 0 amide bonds. The van der Waals surface area contributed by atoms with E-state index in [9.17, 15) is 0 Å². The fourth-order valence-corrected chi connectivity index (χ4v) is 5.81. The normalized spacial score (nSPS) is 12.4. The highest BCUT2D eigenvalue weighted by Gasteiger charge is 2.05. The summed E-state index contributed by atoms with van der Waals surface area (Å²) in [6, 6.07) is 0. The van der Waals surface area contributed by atoms with E-state index >= 15 is 0 Å². The van der Waals surface area contributed by atoms with Crippen LogP contribution in [0.15, 0.2) is 0 Å². The van der Waals surface area contributed by atoms with Crippen molar-refractivity contribution in [3.05, 3.63) is 0 Å². The first-order valence-corrected chi connectivity index (χ1v) is 17.3. The van der Waals surface area contributed by atoms with Crippen molar-refractivity contribution in [2.45, 2.75) is 220 Å². The van der Waals surface area contributed by atoms with Crippen LogP contribution in [0, 0.1) is 5.92 Å². The van der Waals surface area contributed by atoms with Gasteiger partial charge in [-0.2, -0.15) is 0 Å². The average Bonchev–Trinajstić information content (AvgIpc) is 2.87. The first kappa shape index (κ1) is 35.0. The molecule has 0 rings (SSSR count). The van der Waals surface area contributed by atoms with Crippen molar-refractivity contribution in [2.75, 3.05) is 0 Å². The van der Waals surface area contributed by atoms with Crippen molar-refractivity contribution in [1.29, 1.82) is 0 Å². The first-order chi connectivity index (χ1) is 17.3. The first-order valence-electron chi connectivity index (χ1n) is 17.3. The molecular weight excluding hydrogens is 420 g/mol. The van der Waals surface area contributed by atoms with E-state index in [1.165, 1.54) is 199 Å². The summed E-state index contributed by atoms with van der Waals surface area (Å²) in [5.41, 5.74) is 0. The van der Waals surface area contributed by atoms with E-state index in [0.29, 0.717) is 0 Å². The van der Waals surface area contributed by atoms with Crippen molar-refractivity contribution in [1.82, 2.24) is 0 Å². The average molecular weight is 493 g/mol. The third-order valence-electron chi connectivity index (χ3n) is 8.51. The third kappa shape index (κ3) is 30.1. The summed E-state index contributed by atoms with van der Waals surface area (Å²) < 4.78 is 0. The highest BCUT2D eigenvalue weighted by molar-refractivity contribution is 4.59. The predicted octanol–water partition coefficient (Wildman–Crippen LogP) is 13.8. The lowest BCUT2D eigenvalue weighted by molar-refractivity contribution is 0.393. The second-order valence-electron chi connectivity index (χ2n) is 12.0. The Balaban J connectivity index is 3.15. The summed E-state index contributed by atoms with van der Waals surface area (Å²) in [6.45, 7) is 7.04. The van der Waals surface area contributed by atoms with Crippen LogP contribution < -0.4 is 0 Å². The molecule has 0 aromatic rings. The topological polar surface area (TPSA) is 0 Å². The molecular formula is C35H72. The zero-order chi connectivity index (χ0) is 25.5. The summed E-state index contributed by atoms with van der Waals surface area (Å²) in [5, 5.41) is 0. The molecule has 0 nitrogen and oxygen atoms in total. The van der Waals surface area contributed by atoms with Gasteiger partial charge in [-0.1, -0.05) is 220 Å². The van der Waals surface area contributed by atoms with Gasteiger partial charge < -0.3 is 0 Å². The Bertz CT molecular complexity index is 346. The predicted molar refractivity (Wildman–Crippen MR) is 164 cm³/mol. The second kappa shape index (κ2) is 32.0. The van der Waals surface area contributed by atoms with Gasteiger partial charge in [-0.3, -0.25) is 0 Å². The Morgan fingerprint density at radius 1 is 0.257 bits per heavy atom. The zero-order valence-electron chi connectivity index (χ0n) is 25.5. The minimum atomic E-state index is 1.02. The van der Waals surface area contributed by atoms with Crippen LogP contribution in [0.4, 0.5) is 0 Å². The van der Waals surface area contributed by atoms with Gasteiger partial charge in [0.05, 0.1) is 0 Å². The Hall–Kier alpha value is 0. The van der Waals surface area contributed by atoms with E-state index in [1.54, 1.807) is 0 Å². The summed E-state index contributed by atoms with van der Waals surface area (Å²) in [4.78, 5) is 0. The monoisotopic (exact) mass is 493 g/mol. The van der Waals surface area contributed by atoms with Crippen molar-refractivity contribution >= 4 is 0 Å². The van der Waals surface area contributed by atoms with E-state index in [1.807, 2.05) is 0 Å². The number of hydrogen-bond donors (Lipinski definition) is 0. The van der Waals surface area contributed by atoms with Crippen molar-refractivity contribution in [2.24, 2.45) is 5.92 Å². The van der Waals surface area contributed by atoms with E-state index < -0.39 is 0 Å². The highest BCUT2D eigenvalue weighted by atomic mass is 14.1. The number of rotatable bonds is 31. The molecule has 0 heterocycles. The Morgan fingerprint density at radius 3 is 0.657 bits per heavy atom. The highest BCUT2D eigenvalue weighted by Crippen LogP contribution is 2.22. The Labute approximate surface area is 225 Å². The fourth-order valence-electron chi connectivity index (χ4n) is 5.81. The lowest BCUT2D eigenvalue weighted by Gasteiger charge is -2.14. The van der Waals surface area contributed by atoms with Crippen LogP contribution in [0.1, 0.15) is 220 Å². The van der Waals surface area contributed by atoms with Gasteiger partial charge in [0.25, 0.3) is 0 Å². The molecule has 0 spiro atoms. The lowest BCUT2D eigenvalue weighted by atomic mass is 9.92. The van der Waals surface area contributed by atoms with Crippen molar-refractivity contribution in [3.8, 4) is 0 Å². The summed E-state index contributed by atoms with van der Waals surface area (Å²) >= 11 is 0.